The van der Waals surface area contributed by atoms with Gasteiger partial charge in [-0.25, -0.2) is 0 Å². The molecular formula is C15H16BBrO4. The minimum atomic E-state index is -1.53. The van der Waals surface area contributed by atoms with Crippen molar-refractivity contribution in [2.24, 2.45) is 0 Å². The van der Waals surface area contributed by atoms with Crippen molar-refractivity contribution in [3.63, 3.8) is 0 Å². The minimum absolute atomic E-state index is 0.274. The maximum Gasteiger partial charge on any atom is 0.488 e. The van der Waals surface area contributed by atoms with Crippen molar-refractivity contribution in [2.75, 3.05) is 7.11 Å². The average Bonchev–Trinajstić information content (AvgIpc) is 2.47. The summed E-state index contributed by atoms with van der Waals surface area (Å²) in [6.07, 6.45) is 0. The van der Waals surface area contributed by atoms with E-state index in [1.807, 2.05) is 24.3 Å². The first-order valence-corrected chi connectivity index (χ1v) is 7.24. The van der Waals surface area contributed by atoms with Crippen LogP contribution in [0.15, 0.2) is 46.9 Å². The van der Waals surface area contributed by atoms with E-state index in [0.717, 1.165) is 10.0 Å². The molecule has 2 aromatic carbocycles. The summed E-state index contributed by atoms with van der Waals surface area (Å²) >= 11 is 3.41. The summed E-state index contributed by atoms with van der Waals surface area (Å²) in [5.41, 5.74) is 2.16. The van der Waals surface area contributed by atoms with Crippen molar-refractivity contribution in [3.05, 3.63) is 58.1 Å². The van der Waals surface area contributed by atoms with Crippen LogP contribution in [0.5, 0.6) is 5.75 Å². The molecule has 0 amide bonds. The first-order chi connectivity index (χ1) is 10.1. The van der Waals surface area contributed by atoms with Crippen LogP contribution >= 0.6 is 15.9 Å². The molecule has 0 atom stereocenters. The molecule has 0 aliphatic rings. The van der Waals surface area contributed by atoms with Crippen LogP contribution in [-0.4, -0.2) is 24.3 Å². The van der Waals surface area contributed by atoms with Gasteiger partial charge in [0.05, 0.1) is 20.3 Å². The molecule has 4 nitrogen and oxygen atoms in total. The number of hydrogen-bond donors (Lipinski definition) is 2. The van der Waals surface area contributed by atoms with Gasteiger partial charge in [-0.1, -0.05) is 34.1 Å². The van der Waals surface area contributed by atoms with Gasteiger partial charge in [0.2, 0.25) is 0 Å². The Bertz CT molecular complexity index is 604. The first-order valence-electron chi connectivity index (χ1n) is 6.45. The van der Waals surface area contributed by atoms with E-state index in [1.165, 1.54) is 0 Å². The SMILES string of the molecule is COc1ccc(B(O)O)c(COCc2cccc(Br)c2)c1. The average molecular weight is 351 g/mol. The summed E-state index contributed by atoms with van der Waals surface area (Å²) < 4.78 is 11.8. The molecule has 0 bridgehead atoms. The van der Waals surface area contributed by atoms with Crippen molar-refractivity contribution in [1.82, 2.24) is 0 Å². The summed E-state index contributed by atoms with van der Waals surface area (Å²) in [6, 6.07) is 12.9. The highest BCUT2D eigenvalue weighted by atomic mass is 79.9. The van der Waals surface area contributed by atoms with E-state index in [9.17, 15) is 10.0 Å². The lowest BCUT2D eigenvalue weighted by atomic mass is 9.77. The molecule has 0 heterocycles. The molecule has 0 saturated carbocycles. The quantitative estimate of drug-likeness (QED) is 0.781. The van der Waals surface area contributed by atoms with Crippen LogP contribution in [0.4, 0.5) is 0 Å². The van der Waals surface area contributed by atoms with Gasteiger partial charge in [-0.3, -0.25) is 0 Å². The second-order valence-corrected chi connectivity index (χ2v) is 5.48. The number of hydrogen-bond acceptors (Lipinski definition) is 4. The molecule has 6 heteroatoms. The summed E-state index contributed by atoms with van der Waals surface area (Å²) in [6.45, 7) is 0.717. The standard InChI is InChI=1S/C15H16BBrO4/c1-20-14-5-6-15(16(18)19)12(8-14)10-21-9-11-3-2-4-13(17)7-11/h2-8,18-19H,9-10H2,1H3. The first kappa shape index (κ1) is 16.0. The van der Waals surface area contributed by atoms with Crippen LogP contribution in [0, 0.1) is 0 Å². The lowest BCUT2D eigenvalue weighted by Crippen LogP contribution is -2.33. The Balaban J connectivity index is 2.04. The van der Waals surface area contributed by atoms with E-state index in [4.69, 9.17) is 9.47 Å². The molecule has 21 heavy (non-hydrogen) atoms. The number of rotatable bonds is 6. The van der Waals surface area contributed by atoms with Gasteiger partial charge in [-0.15, -0.1) is 0 Å². The van der Waals surface area contributed by atoms with Crippen LogP contribution in [-0.2, 0) is 18.0 Å². The second kappa shape index (κ2) is 7.61. The smallest absolute Gasteiger partial charge is 0.488 e. The van der Waals surface area contributed by atoms with Crippen LogP contribution in [0.3, 0.4) is 0 Å². The fourth-order valence-corrected chi connectivity index (χ4v) is 2.44. The minimum Gasteiger partial charge on any atom is -0.497 e. The van der Waals surface area contributed by atoms with Gasteiger partial charge in [-0.05, 0) is 40.9 Å². The largest absolute Gasteiger partial charge is 0.497 e. The summed E-state index contributed by atoms with van der Waals surface area (Å²) in [5.74, 6) is 0.653. The van der Waals surface area contributed by atoms with E-state index in [0.29, 0.717) is 23.4 Å². The Kier molecular flexibility index (Phi) is 5.81. The predicted octanol–water partition coefficient (Wildman–Crippen LogP) is 1.85. The summed E-state index contributed by atoms with van der Waals surface area (Å²) in [4.78, 5) is 0. The van der Waals surface area contributed by atoms with Crippen molar-refractivity contribution in [3.8, 4) is 5.75 Å². The highest BCUT2D eigenvalue weighted by Crippen LogP contribution is 2.15. The Labute approximate surface area is 132 Å². The van der Waals surface area contributed by atoms with Crippen molar-refractivity contribution < 1.29 is 19.5 Å². The highest BCUT2D eigenvalue weighted by Gasteiger charge is 2.16. The molecule has 0 aliphatic heterocycles. The molecule has 0 radical (unpaired) electrons. The van der Waals surface area contributed by atoms with E-state index >= 15 is 0 Å². The van der Waals surface area contributed by atoms with Crippen molar-refractivity contribution in [2.45, 2.75) is 13.2 Å². The third kappa shape index (κ3) is 4.57. The van der Waals surface area contributed by atoms with Gasteiger partial charge < -0.3 is 19.5 Å². The Morgan fingerprint density at radius 2 is 1.90 bits per heavy atom. The third-order valence-corrected chi connectivity index (χ3v) is 3.54. The molecule has 110 valence electrons. The van der Waals surface area contributed by atoms with E-state index in [1.54, 1.807) is 25.3 Å². The summed E-state index contributed by atoms with van der Waals surface area (Å²) in [5, 5.41) is 18.7. The molecule has 0 unspecified atom stereocenters. The topological polar surface area (TPSA) is 58.9 Å². The maximum atomic E-state index is 9.37. The van der Waals surface area contributed by atoms with Crippen LogP contribution < -0.4 is 10.2 Å². The molecule has 0 aliphatic carbocycles. The lowest BCUT2D eigenvalue weighted by Gasteiger charge is -2.11. The van der Waals surface area contributed by atoms with Gasteiger partial charge in [0.25, 0.3) is 0 Å². The van der Waals surface area contributed by atoms with Crippen LogP contribution in [0.2, 0.25) is 0 Å². The normalized spacial score (nSPS) is 10.5. The summed E-state index contributed by atoms with van der Waals surface area (Å²) in [7, 11) is 0.0386. The van der Waals surface area contributed by atoms with Crippen molar-refractivity contribution in [1.29, 1.82) is 0 Å². The number of ether oxygens (including phenoxy) is 2. The lowest BCUT2D eigenvalue weighted by molar-refractivity contribution is 0.107. The van der Waals surface area contributed by atoms with Gasteiger partial charge in [-0.2, -0.15) is 0 Å². The van der Waals surface area contributed by atoms with Crippen LogP contribution in [0.1, 0.15) is 11.1 Å². The Morgan fingerprint density at radius 3 is 2.57 bits per heavy atom. The molecule has 0 fully saturated rings. The zero-order chi connectivity index (χ0) is 15.2. The molecule has 2 aromatic rings. The van der Waals surface area contributed by atoms with Gasteiger partial charge >= 0.3 is 7.12 Å². The van der Waals surface area contributed by atoms with Gasteiger partial charge in [0, 0.05) is 4.47 Å². The third-order valence-electron chi connectivity index (χ3n) is 3.04. The fourth-order valence-electron chi connectivity index (χ4n) is 1.99. The highest BCUT2D eigenvalue weighted by molar-refractivity contribution is 9.10. The van der Waals surface area contributed by atoms with E-state index in [2.05, 4.69) is 15.9 Å². The second-order valence-electron chi connectivity index (χ2n) is 4.56. The maximum absolute atomic E-state index is 9.37. The van der Waals surface area contributed by atoms with Crippen molar-refractivity contribution >= 4 is 28.5 Å². The molecule has 0 saturated heterocycles. The van der Waals surface area contributed by atoms with Crippen LogP contribution in [0.25, 0.3) is 0 Å². The molecule has 2 rings (SSSR count). The Hall–Kier alpha value is -1.34. The van der Waals surface area contributed by atoms with Gasteiger partial charge in [0.1, 0.15) is 5.75 Å². The molecular weight excluding hydrogens is 335 g/mol. The number of methoxy groups -OCH3 is 1. The zero-order valence-electron chi connectivity index (χ0n) is 11.6. The fraction of sp³-hybridized carbons (Fsp3) is 0.200. The molecule has 0 aromatic heterocycles. The zero-order valence-corrected chi connectivity index (χ0v) is 13.2. The molecule has 0 spiro atoms. The molecule has 2 N–H and O–H groups in total. The number of benzene rings is 2. The van der Waals surface area contributed by atoms with E-state index in [-0.39, 0.29) is 6.61 Å². The monoisotopic (exact) mass is 350 g/mol. The van der Waals surface area contributed by atoms with Gasteiger partial charge in [0.15, 0.2) is 0 Å². The van der Waals surface area contributed by atoms with E-state index < -0.39 is 7.12 Å². The predicted molar refractivity (Wildman–Crippen MR) is 85.5 cm³/mol. The number of halogens is 1. The Morgan fingerprint density at radius 1 is 1.10 bits per heavy atom.